The summed E-state index contributed by atoms with van der Waals surface area (Å²) in [5.41, 5.74) is 1.11. The molecule has 0 radical (unpaired) electrons. The summed E-state index contributed by atoms with van der Waals surface area (Å²) >= 11 is 8.31. The van der Waals surface area contributed by atoms with Gasteiger partial charge < -0.3 is 9.64 Å². The summed E-state index contributed by atoms with van der Waals surface area (Å²) < 4.78 is 7.66. The minimum Gasteiger partial charge on any atom is -0.370 e. The number of halogens is 2. The second-order valence-corrected chi connectivity index (χ2v) is 7.98. The Morgan fingerprint density at radius 2 is 2.05 bits per heavy atom. The van der Waals surface area contributed by atoms with Crippen molar-refractivity contribution in [2.75, 3.05) is 19.7 Å². The van der Waals surface area contributed by atoms with E-state index in [1.165, 1.54) is 11.3 Å². The molecule has 3 rings (SSSR count). The van der Waals surface area contributed by atoms with Gasteiger partial charge in [0.15, 0.2) is 0 Å². The van der Waals surface area contributed by atoms with Crippen molar-refractivity contribution in [3.8, 4) is 0 Å². The Morgan fingerprint density at radius 1 is 1.29 bits per heavy atom. The first-order chi connectivity index (χ1) is 10.1. The zero-order valence-electron chi connectivity index (χ0n) is 11.1. The lowest BCUT2D eigenvalue weighted by Gasteiger charge is -2.33. The summed E-state index contributed by atoms with van der Waals surface area (Å²) in [7, 11) is 0. The lowest BCUT2D eigenvalue weighted by Crippen LogP contribution is -2.42. The number of thiophene rings is 1. The van der Waals surface area contributed by atoms with Crippen LogP contribution in [0.5, 0.6) is 0 Å². The lowest BCUT2D eigenvalue weighted by molar-refractivity contribution is -0.0226. The third kappa shape index (κ3) is 3.39. The van der Waals surface area contributed by atoms with E-state index in [2.05, 4.69) is 31.9 Å². The van der Waals surface area contributed by atoms with E-state index in [-0.39, 0.29) is 12.0 Å². The Labute approximate surface area is 144 Å². The second kappa shape index (κ2) is 6.60. The van der Waals surface area contributed by atoms with Gasteiger partial charge in [0, 0.05) is 11.0 Å². The maximum Gasteiger partial charge on any atom is 0.264 e. The van der Waals surface area contributed by atoms with Crippen LogP contribution in [0, 0.1) is 0 Å². The summed E-state index contributed by atoms with van der Waals surface area (Å²) in [6.45, 7) is 1.80. The van der Waals surface area contributed by atoms with Crippen molar-refractivity contribution in [3.63, 3.8) is 0 Å². The molecule has 1 aromatic heterocycles. The van der Waals surface area contributed by atoms with Crippen LogP contribution in [0.25, 0.3) is 0 Å². The number of benzene rings is 1. The van der Waals surface area contributed by atoms with E-state index in [1.54, 1.807) is 0 Å². The number of nitrogens with zero attached hydrogens (tertiary/aromatic N) is 1. The fraction of sp³-hybridized carbons (Fsp3) is 0.267. The SMILES string of the molecule is O=C(c1cc(Br)c(Br)s1)N1CCOC(c2ccccc2)C1. The van der Waals surface area contributed by atoms with Crippen LogP contribution >= 0.6 is 43.2 Å². The van der Waals surface area contributed by atoms with Crippen LogP contribution < -0.4 is 0 Å². The van der Waals surface area contributed by atoms with E-state index in [0.29, 0.717) is 19.7 Å². The van der Waals surface area contributed by atoms with Crippen molar-refractivity contribution in [2.45, 2.75) is 6.10 Å². The van der Waals surface area contributed by atoms with Crippen LogP contribution in [0.15, 0.2) is 44.7 Å². The third-order valence-electron chi connectivity index (χ3n) is 3.38. The number of hydrogen-bond acceptors (Lipinski definition) is 3. The molecule has 1 fully saturated rings. The van der Waals surface area contributed by atoms with E-state index < -0.39 is 0 Å². The maximum atomic E-state index is 12.6. The lowest BCUT2D eigenvalue weighted by atomic mass is 10.1. The fourth-order valence-electron chi connectivity index (χ4n) is 2.31. The smallest absolute Gasteiger partial charge is 0.264 e. The van der Waals surface area contributed by atoms with Crippen molar-refractivity contribution in [3.05, 3.63) is 55.1 Å². The number of carbonyl (C=O) groups is 1. The van der Waals surface area contributed by atoms with Gasteiger partial charge in [-0.1, -0.05) is 30.3 Å². The average Bonchev–Trinajstić information content (AvgIpc) is 2.87. The highest BCUT2D eigenvalue weighted by Gasteiger charge is 2.27. The van der Waals surface area contributed by atoms with Crippen LogP contribution in [0.3, 0.4) is 0 Å². The molecule has 1 saturated heterocycles. The number of amides is 1. The summed E-state index contributed by atoms with van der Waals surface area (Å²) in [4.78, 5) is 15.2. The third-order valence-corrected chi connectivity index (χ3v) is 6.63. The highest BCUT2D eigenvalue weighted by atomic mass is 79.9. The summed E-state index contributed by atoms with van der Waals surface area (Å²) in [6, 6.07) is 11.9. The predicted molar refractivity (Wildman–Crippen MR) is 90.8 cm³/mol. The standard InChI is InChI=1S/C15H13Br2NO2S/c16-11-8-13(21-14(11)17)15(19)18-6-7-20-12(9-18)10-4-2-1-3-5-10/h1-5,8,12H,6-7,9H2. The molecule has 0 bridgehead atoms. The van der Waals surface area contributed by atoms with Gasteiger partial charge in [0.1, 0.15) is 6.10 Å². The van der Waals surface area contributed by atoms with Gasteiger partial charge in [-0.15, -0.1) is 11.3 Å². The highest BCUT2D eigenvalue weighted by Crippen LogP contribution is 2.33. The molecule has 6 heteroatoms. The zero-order valence-corrected chi connectivity index (χ0v) is 15.1. The first-order valence-electron chi connectivity index (χ1n) is 6.56. The molecule has 0 aliphatic carbocycles. The first kappa shape index (κ1) is 15.2. The summed E-state index contributed by atoms with van der Waals surface area (Å²) in [5.74, 6) is 0.0654. The molecule has 1 aliphatic rings. The Balaban J connectivity index is 1.75. The maximum absolute atomic E-state index is 12.6. The number of hydrogen-bond donors (Lipinski definition) is 0. The Kier molecular flexibility index (Phi) is 4.78. The molecule has 21 heavy (non-hydrogen) atoms. The molecule has 1 unspecified atom stereocenters. The minimum atomic E-state index is -0.0456. The molecule has 0 spiro atoms. The molecular formula is C15H13Br2NO2S. The molecule has 1 aromatic carbocycles. The predicted octanol–water partition coefficient (Wildman–Crippen LogP) is 4.49. The molecular weight excluding hydrogens is 418 g/mol. The number of rotatable bonds is 2. The van der Waals surface area contributed by atoms with E-state index in [0.717, 1.165) is 18.7 Å². The molecule has 110 valence electrons. The van der Waals surface area contributed by atoms with Gasteiger partial charge in [0.2, 0.25) is 0 Å². The Bertz CT molecular complexity index is 625. The van der Waals surface area contributed by atoms with E-state index in [9.17, 15) is 4.79 Å². The molecule has 0 saturated carbocycles. The Hall–Kier alpha value is -0.690. The quantitative estimate of drug-likeness (QED) is 0.702. The van der Waals surface area contributed by atoms with E-state index in [1.807, 2.05) is 41.3 Å². The Morgan fingerprint density at radius 3 is 2.71 bits per heavy atom. The van der Waals surface area contributed by atoms with Crippen molar-refractivity contribution in [1.29, 1.82) is 0 Å². The van der Waals surface area contributed by atoms with Crippen molar-refractivity contribution < 1.29 is 9.53 Å². The van der Waals surface area contributed by atoms with Crippen LogP contribution in [0.4, 0.5) is 0 Å². The molecule has 0 N–H and O–H groups in total. The monoisotopic (exact) mass is 429 g/mol. The van der Waals surface area contributed by atoms with Gasteiger partial charge in [-0.2, -0.15) is 0 Å². The van der Waals surface area contributed by atoms with Gasteiger partial charge in [-0.25, -0.2) is 0 Å². The van der Waals surface area contributed by atoms with Crippen molar-refractivity contribution in [1.82, 2.24) is 4.90 Å². The molecule has 1 atom stereocenters. The zero-order chi connectivity index (χ0) is 14.8. The highest BCUT2D eigenvalue weighted by molar-refractivity contribution is 9.13. The second-order valence-electron chi connectivity index (χ2n) is 4.75. The van der Waals surface area contributed by atoms with Crippen LogP contribution in [-0.2, 0) is 4.74 Å². The normalized spacial score (nSPS) is 18.8. The number of carbonyl (C=O) groups excluding carboxylic acids is 1. The van der Waals surface area contributed by atoms with Crippen molar-refractivity contribution >= 4 is 49.1 Å². The van der Waals surface area contributed by atoms with Crippen LogP contribution in [-0.4, -0.2) is 30.5 Å². The van der Waals surface area contributed by atoms with Crippen molar-refractivity contribution in [2.24, 2.45) is 0 Å². The topological polar surface area (TPSA) is 29.5 Å². The van der Waals surface area contributed by atoms with Gasteiger partial charge >= 0.3 is 0 Å². The molecule has 3 nitrogen and oxygen atoms in total. The van der Waals surface area contributed by atoms with Gasteiger partial charge in [0.05, 0.1) is 21.8 Å². The van der Waals surface area contributed by atoms with Gasteiger partial charge in [-0.05, 0) is 43.5 Å². The van der Waals surface area contributed by atoms with Crippen LogP contribution in [0.1, 0.15) is 21.3 Å². The number of ether oxygens (including phenoxy) is 1. The summed E-state index contributed by atoms with van der Waals surface area (Å²) in [5, 5.41) is 0. The molecule has 1 amide bonds. The van der Waals surface area contributed by atoms with Gasteiger partial charge in [-0.3, -0.25) is 4.79 Å². The van der Waals surface area contributed by atoms with Gasteiger partial charge in [0.25, 0.3) is 5.91 Å². The molecule has 1 aliphatic heterocycles. The van der Waals surface area contributed by atoms with Crippen LogP contribution in [0.2, 0.25) is 0 Å². The fourth-order valence-corrected chi connectivity index (χ4v) is 4.31. The largest absolute Gasteiger partial charge is 0.370 e. The number of morpholine rings is 1. The first-order valence-corrected chi connectivity index (χ1v) is 8.96. The minimum absolute atomic E-state index is 0.0456. The molecule has 2 heterocycles. The van der Waals surface area contributed by atoms with E-state index >= 15 is 0 Å². The van der Waals surface area contributed by atoms with E-state index in [4.69, 9.17) is 4.74 Å². The average molecular weight is 431 g/mol. The summed E-state index contributed by atoms with van der Waals surface area (Å²) in [6.07, 6.45) is -0.0456. The molecule has 2 aromatic rings.